The van der Waals surface area contributed by atoms with Gasteiger partial charge in [0, 0.05) is 23.6 Å². The molecule has 1 aromatic heterocycles. The van der Waals surface area contributed by atoms with Gasteiger partial charge in [0.25, 0.3) is 0 Å². The monoisotopic (exact) mass is 245 g/mol. The molecule has 2 rings (SSSR count). The lowest BCUT2D eigenvalue weighted by molar-refractivity contribution is -0.117. The summed E-state index contributed by atoms with van der Waals surface area (Å²) in [5.74, 6) is -0.292. The summed E-state index contributed by atoms with van der Waals surface area (Å²) < 4.78 is 0. The summed E-state index contributed by atoms with van der Waals surface area (Å²) in [7, 11) is 4.13. The van der Waals surface area contributed by atoms with Gasteiger partial charge in [0.15, 0.2) is 0 Å². The summed E-state index contributed by atoms with van der Waals surface area (Å²) >= 11 is 0. The first-order chi connectivity index (χ1) is 8.56. The number of nitrogens with two attached hydrogens (primary N) is 1. The molecule has 0 radical (unpaired) electrons. The van der Waals surface area contributed by atoms with Crippen molar-refractivity contribution in [2.24, 2.45) is 5.73 Å². The Balaban J connectivity index is 2.28. The van der Waals surface area contributed by atoms with E-state index >= 15 is 0 Å². The lowest BCUT2D eigenvalue weighted by Gasteiger charge is -2.08. The predicted octanol–water partition coefficient (Wildman–Crippen LogP) is 1.30. The van der Waals surface area contributed by atoms with Crippen LogP contribution in [-0.2, 0) is 17.6 Å². The summed E-state index contributed by atoms with van der Waals surface area (Å²) in [5, 5.41) is 1.19. The first-order valence-corrected chi connectivity index (χ1v) is 6.08. The molecule has 18 heavy (non-hydrogen) atoms. The van der Waals surface area contributed by atoms with Crippen LogP contribution in [0, 0.1) is 0 Å². The van der Waals surface area contributed by atoms with Crippen LogP contribution in [0.15, 0.2) is 24.4 Å². The number of amides is 1. The number of nitrogens with zero attached hydrogens (tertiary/aromatic N) is 1. The highest BCUT2D eigenvalue weighted by atomic mass is 16.1. The number of aromatic amines is 1. The molecule has 0 bridgehead atoms. The van der Waals surface area contributed by atoms with E-state index in [1.54, 1.807) is 0 Å². The Morgan fingerprint density at radius 1 is 1.39 bits per heavy atom. The van der Waals surface area contributed by atoms with Crippen molar-refractivity contribution in [3.05, 3.63) is 35.5 Å². The van der Waals surface area contributed by atoms with Crippen molar-refractivity contribution in [1.82, 2.24) is 9.88 Å². The van der Waals surface area contributed by atoms with Crippen molar-refractivity contribution < 1.29 is 4.79 Å². The highest BCUT2D eigenvalue weighted by Crippen LogP contribution is 2.20. The second kappa shape index (κ2) is 5.23. The molecule has 0 saturated heterocycles. The van der Waals surface area contributed by atoms with Gasteiger partial charge in [0.1, 0.15) is 0 Å². The second-order valence-corrected chi connectivity index (χ2v) is 4.89. The summed E-state index contributed by atoms with van der Waals surface area (Å²) in [5.41, 5.74) is 8.59. The van der Waals surface area contributed by atoms with E-state index in [0.29, 0.717) is 6.42 Å². The van der Waals surface area contributed by atoms with Gasteiger partial charge >= 0.3 is 0 Å². The van der Waals surface area contributed by atoms with E-state index in [4.69, 9.17) is 5.73 Å². The van der Waals surface area contributed by atoms with Crippen LogP contribution in [0.4, 0.5) is 0 Å². The third-order valence-electron chi connectivity index (χ3n) is 3.04. The molecule has 0 saturated carbocycles. The zero-order valence-electron chi connectivity index (χ0n) is 10.9. The van der Waals surface area contributed by atoms with Crippen molar-refractivity contribution >= 4 is 16.8 Å². The van der Waals surface area contributed by atoms with Crippen molar-refractivity contribution in [2.75, 3.05) is 20.6 Å². The highest BCUT2D eigenvalue weighted by Gasteiger charge is 2.06. The van der Waals surface area contributed by atoms with E-state index in [1.807, 2.05) is 18.3 Å². The summed E-state index contributed by atoms with van der Waals surface area (Å²) in [6, 6.07) is 6.01. The number of likely N-dealkylation sites (N-methyl/N-ethyl adjacent to an activating group) is 1. The van der Waals surface area contributed by atoms with Crippen molar-refractivity contribution in [3.63, 3.8) is 0 Å². The molecule has 0 aliphatic carbocycles. The fourth-order valence-electron chi connectivity index (χ4n) is 2.09. The largest absolute Gasteiger partial charge is 0.369 e. The molecule has 0 aliphatic heterocycles. The third-order valence-corrected chi connectivity index (χ3v) is 3.04. The van der Waals surface area contributed by atoms with Gasteiger partial charge in [-0.2, -0.15) is 0 Å². The van der Waals surface area contributed by atoms with Crippen LogP contribution in [0.25, 0.3) is 10.9 Å². The Labute approximate surface area is 107 Å². The van der Waals surface area contributed by atoms with Gasteiger partial charge in [-0.25, -0.2) is 0 Å². The molecule has 2 aromatic rings. The van der Waals surface area contributed by atoms with Gasteiger partial charge < -0.3 is 15.6 Å². The summed E-state index contributed by atoms with van der Waals surface area (Å²) in [4.78, 5) is 16.4. The molecule has 4 heteroatoms. The van der Waals surface area contributed by atoms with Crippen LogP contribution in [0.1, 0.15) is 11.1 Å². The van der Waals surface area contributed by atoms with Crippen LogP contribution < -0.4 is 5.73 Å². The van der Waals surface area contributed by atoms with Crippen molar-refractivity contribution in [1.29, 1.82) is 0 Å². The maximum absolute atomic E-state index is 11.0. The zero-order chi connectivity index (χ0) is 13.1. The van der Waals surface area contributed by atoms with Crippen molar-refractivity contribution in [3.8, 4) is 0 Å². The molecule has 1 amide bonds. The number of hydrogen-bond donors (Lipinski definition) is 2. The van der Waals surface area contributed by atoms with Crippen LogP contribution in [0.2, 0.25) is 0 Å². The van der Waals surface area contributed by atoms with Gasteiger partial charge in [-0.3, -0.25) is 4.79 Å². The molecule has 1 heterocycles. The smallest absolute Gasteiger partial charge is 0.221 e. The van der Waals surface area contributed by atoms with Crippen LogP contribution in [0.5, 0.6) is 0 Å². The first kappa shape index (κ1) is 12.6. The van der Waals surface area contributed by atoms with E-state index in [-0.39, 0.29) is 5.91 Å². The second-order valence-electron chi connectivity index (χ2n) is 4.89. The van der Waals surface area contributed by atoms with Gasteiger partial charge in [-0.1, -0.05) is 6.07 Å². The highest BCUT2D eigenvalue weighted by molar-refractivity contribution is 5.85. The average molecular weight is 245 g/mol. The minimum atomic E-state index is -0.292. The van der Waals surface area contributed by atoms with Gasteiger partial charge in [-0.15, -0.1) is 0 Å². The van der Waals surface area contributed by atoms with Gasteiger partial charge in [-0.05, 0) is 43.8 Å². The zero-order valence-corrected chi connectivity index (χ0v) is 10.9. The SMILES string of the molecule is CN(C)CCc1c[nH]c2ccc(CC(N)=O)cc12. The Kier molecular flexibility index (Phi) is 3.67. The fourth-order valence-corrected chi connectivity index (χ4v) is 2.09. The quantitative estimate of drug-likeness (QED) is 0.834. The number of carbonyl (C=O) groups excluding carboxylic acids is 1. The number of H-pyrrole nitrogens is 1. The van der Waals surface area contributed by atoms with Crippen LogP contribution >= 0.6 is 0 Å². The predicted molar refractivity (Wildman–Crippen MR) is 73.5 cm³/mol. The van der Waals surface area contributed by atoms with E-state index in [1.165, 1.54) is 10.9 Å². The Morgan fingerprint density at radius 3 is 2.83 bits per heavy atom. The Bertz CT molecular complexity index is 557. The number of benzene rings is 1. The minimum Gasteiger partial charge on any atom is -0.369 e. The van der Waals surface area contributed by atoms with E-state index in [0.717, 1.165) is 24.0 Å². The van der Waals surface area contributed by atoms with Gasteiger partial charge in [0.05, 0.1) is 6.42 Å². The molecule has 0 unspecified atom stereocenters. The molecular weight excluding hydrogens is 226 g/mol. The molecule has 4 nitrogen and oxygen atoms in total. The average Bonchev–Trinajstić information content (AvgIpc) is 2.68. The van der Waals surface area contributed by atoms with E-state index in [9.17, 15) is 4.79 Å². The molecule has 0 fully saturated rings. The normalized spacial score (nSPS) is 11.3. The minimum absolute atomic E-state index is 0.292. The molecule has 3 N–H and O–H groups in total. The molecule has 0 aliphatic rings. The topological polar surface area (TPSA) is 62.1 Å². The number of primary amides is 1. The fraction of sp³-hybridized carbons (Fsp3) is 0.357. The molecular formula is C14H19N3O. The lowest BCUT2D eigenvalue weighted by Crippen LogP contribution is -2.15. The van der Waals surface area contributed by atoms with Crippen LogP contribution in [0.3, 0.4) is 0 Å². The third kappa shape index (κ3) is 2.90. The number of aromatic nitrogens is 1. The van der Waals surface area contributed by atoms with Crippen molar-refractivity contribution in [2.45, 2.75) is 12.8 Å². The Morgan fingerprint density at radius 2 is 2.17 bits per heavy atom. The molecule has 1 aromatic carbocycles. The lowest BCUT2D eigenvalue weighted by atomic mass is 10.1. The Hall–Kier alpha value is -1.81. The number of nitrogens with one attached hydrogen (secondary N) is 1. The summed E-state index contributed by atoms with van der Waals surface area (Å²) in [6.07, 6.45) is 3.34. The number of rotatable bonds is 5. The molecule has 0 atom stereocenters. The van der Waals surface area contributed by atoms with Crippen LogP contribution in [-0.4, -0.2) is 36.4 Å². The first-order valence-electron chi connectivity index (χ1n) is 6.08. The number of fused-ring (bicyclic) bond motifs is 1. The number of hydrogen-bond acceptors (Lipinski definition) is 2. The molecule has 0 spiro atoms. The maximum Gasteiger partial charge on any atom is 0.221 e. The standard InChI is InChI=1S/C14H19N3O/c1-17(2)6-5-11-9-16-13-4-3-10(7-12(11)13)8-14(15)18/h3-4,7,9,16H,5-6,8H2,1-2H3,(H2,15,18). The maximum atomic E-state index is 11.0. The van der Waals surface area contributed by atoms with E-state index in [2.05, 4.69) is 30.0 Å². The van der Waals surface area contributed by atoms with Gasteiger partial charge in [0.2, 0.25) is 5.91 Å². The number of carbonyl (C=O) groups is 1. The summed E-state index contributed by atoms with van der Waals surface area (Å²) in [6.45, 7) is 1.01. The van der Waals surface area contributed by atoms with E-state index < -0.39 is 0 Å². The molecule has 96 valence electrons.